The summed E-state index contributed by atoms with van der Waals surface area (Å²) < 4.78 is 33.8. The molecule has 1 rings (SSSR count). The van der Waals surface area contributed by atoms with E-state index in [4.69, 9.17) is 18.5 Å². The molecule has 0 amide bonds. The summed E-state index contributed by atoms with van der Waals surface area (Å²) in [6.45, 7) is 3.65. The molecule has 1 aliphatic rings. The number of esters is 2. The predicted octanol–water partition coefficient (Wildman–Crippen LogP) is 9.56. The highest BCUT2D eigenvalue weighted by Gasteiger charge is 2.41. The van der Waals surface area contributed by atoms with Gasteiger partial charge < -0.3 is 43.2 Å². The van der Waals surface area contributed by atoms with E-state index in [-0.39, 0.29) is 51.1 Å². The first-order valence-corrected chi connectivity index (χ1v) is 26.5. The van der Waals surface area contributed by atoms with Crippen LogP contribution in [-0.4, -0.2) is 109 Å². The maximum atomic E-state index is 12.9. The number of aliphatic hydroxyl groups excluding tert-OH is 3. The van der Waals surface area contributed by atoms with Crippen LogP contribution in [0, 0.1) is 11.8 Å². The van der Waals surface area contributed by atoms with Crippen LogP contribution < -0.4 is 4.89 Å². The number of ether oxygens (including phenoxy) is 2. The Morgan fingerprint density at radius 3 is 1.91 bits per heavy atom. The van der Waals surface area contributed by atoms with Crippen molar-refractivity contribution >= 4 is 25.5 Å². The molecule has 0 saturated heterocycles. The monoisotopic (exact) mass is 940 g/mol. The number of ketones is 1. The lowest BCUT2D eigenvalue weighted by molar-refractivity contribution is -0.870. The van der Waals surface area contributed by atoms with Crippen molar-refractivity contribution in [2.24, 2.45) is 11.8 Å². The predicted molar refractivity (Wildman–Crippen MR) is 257 cm³/mol. The van der Waals surface area contributed by atoms with Gasteiger partial charge in [0, 0.05) is 43.9 Å². The zero-order valence-corrected chi connectivity index (χ0v) is 41.9. The van der Waals surface area contributed by atoms with Gasteiger partial charge in [-0.2, -0.15) is 0 Å². The van der Waals surface area contributed by atoms with E-state index in [1.54, 1.807) is 12.2 Å². The molecule has 1 unspecified atom stereocenters. The molecule has 3 N–H and O–H groups in total. The Bertz CT molecular complexity index is 1430. The average molecular weight is 940 g/mol. The number of aliphatic hydroxyl groups is 3. The first kappa shape index (κ1) is 60.5. The molecule has 0 aromatic heterocycles. The highest BCUT2D eigenvalue weighted by atomic mass is 31.2. The van der Waals surface area contributed by atoms with E-state index < -0.39 is 62.6 Å². The molecule has 0 aromatic carbocycles. The van der Waals surface area contributed by atoms with Crippen molar-refractivity contribution in [1.82, 2.24) is 0 Å². The van der Waals surface area contributed by atoms with Crippen LogP contribution in [0.25, 0.3) is 0 Å². The standard InChI is InChI=1S/C51H90NO12P/c1-6-8-10-11-12-13-14-15-16-17-18-19-20-21-22-23-24-25-26-28-33-50(57)61-41-45(42-63-65(59,60)62-38-37-52(3,4)5)64-51(58)34-30-29-32-44(54)39-47-46(48(55)40-49(47)56)36-35-43(53)31-27-9-7-2/h13-14,16-17,19-20,35-36,43,45-49,53,55-56H,6-12,15,18,21-34,37-42H2,1-5H3/b14-13-,17-16-,20-19-,36-35+/t43-,45+,46+,47+,48+,49-/m0/s1. The normalized spacial score (nSPS) is 20.0. The highest BCUT2D eigenvalue weighted by molar-refractivity contribution is 7.45. The Morgan fingerprint density at radius 2 is 1.26 bits per heavy atom. The molecule has 1 fully saturated rings. The Labute approximate surface area is 393 Å². The number of likely N-dealkylation sites (N-methyl/N-ethyl adjacent to an activating group) is 1. The molecule has 13 nitrogen and oxygen atoms in total. The molecule has 0 heterocycles. The van der Waals surface area contributed by atoms with Gasteiger partial charge in [-0.15, -0.1) is 0 Å². The molecule has 0 bridgehead atoms. The molecule has 0 aromatic rings. The number of phosphoric acid groups is 1. The Morgan fingerprint density at radius 1 is 0.708 bits per heavy atom. The van der Waals surface area contributed by atoms with Gasteiger partial charge in [-0.3, -0.25) is 18.9 Å². The van der Waals surface area contributed by atoms with Crippen LogP contribution >= 0.6 is 7.82 Å². The molecular weight excluding hydrogens is 850 g/mol. The number of phosphoric ester groups is 1. The van der Waals surface area contributed by atoms with Gasteiger partial charge in [-0.1, -0.05) is 127 Å². The topological polar surface area (TPSA) is 189 Å². The third-order valence-corrected chi connectivity index (χ3v) is 12.5. The van der Waals surface area contributed by atoms with Crippen molar-refractivity contribution < 1.29 is 62.2 Å². The van der Waals surface area contributed by atoms with Gasteiger partial charge in [0.15, 0.2) is 6.10 Å². The molecule has 1 aliphatic carbocycles. The lowest BCUT2D eigenvalue weighted by Gasteiger charge is -2.28. The number of allylic oxidation sites excluding steroid dienone is 6. The van der Waals surface area contributed by atoms with Gasteiger partial charge in [0.25, 0.3) is 7.82 Å². The summed E-state index contributed by atoms with van der Waals surface area (Å²) in [6, 6.07) is 0. The number of hydrogen-bond acceptors (Lipinski definition) is 12. The number of carbonyl (C=O) groups excluding carboxylic acids is 3. The molecule has 0 spiro atoms. The first-order chi connectivity index (χ1) is 31.1. The smallest absolute Gasteiger partial charge is 0.306 e. The third kappa shape index (κ3) is 34.5. The summed E-state index contributed by atoms with van der Waals surface area (Å²) >= 11 is 0. The van der Waals surface area contributed by atoms with Crippen LogP contribution in [0.4, 0.5) is 0 Å². The largest absolute Gasteiger partial charge is 0.756 e. The second-order valence-corrected chi connectivity index (χ2v) is 20.2. The fourth-order valence-electron chi connectivity index (χ4n) is 7.54. The van der Waals surface area contributed by atoms with Gasteiger partial charge in [0.2, 0.25) is 0 Å². The minimum atomic E-state index is -4.74. The number of Topliss-reactive ketones (excluding diaryl/α,β-unsaturated/α-hetero) is 1. The van der Waals surface area contributed by atoms with Gasteiger partial charge in [0.1, 0.15) is 25.5 Å². The second kappa shape index (κ2) is 37.5. The van der Waals surface area contributed by atoms with Crippen LogP contribution in [0.2, 0.25) is 0 Å². The molecule has 0 aliphatic heterocycles. The number of quaternary nitrogens is 1. The maximum Gasteiger partial charge on any atom is 0.306 e. The van der Waals surface area contributed by atoms with Crippen molar-refractivity contribution in [3.8, 4) is 0 Å². The van der Waals surface area contributed by atoms with Crippen molar-refractivity contribution in [3.05, 3.63) is 48.6 Å². The van der Waals surface area contributed by atoms with Crippen LogP contribution in [0.15, 0.2) is 48.6 Å². The molecule has 14 heteroatoms. The van der Waals surface area contributed by atoms with E-state index in [0.717, 1.165) is 70.6 Å². The minimum absolute atomic E-state index is 0.0643. The summed E-state index contributed by atoms with van der Waals surface area (Å²) in [4.78, 5) is 50.8. The lowest BCUT2D eigenvalue weighted by atomic mass is 9.87. The van der Waals surface area contributed by atoms with Gasteiger partial charge in [-0.05, 0) is 64.2 Å². The summed E-state index contributed by atoms with van der Waals surface area (Å²) in [5.41, 5.74) is 0. The number of carbonyl (C=O) groups is 3. The van der Waals surface area contributed by atoms with E-state index >= 15 is 0 Å². The molecule has 65 heavy (non-hydrogen) atoms. The van der Waals surface area contributed by atoms with Crippen LogP contribution in [0.5, 0.6) is 0 Å². The second-order valence-electron chi connectivity index (χ2n) is 18.8. The molecule has 376 valence electrons. The minimum Gasteiger partial charge on any atom is -0.756 e. The number of nitrogens with zero attached hydrogens (tertiary/aromatic N) is 1. The van der Waals surface area contributed by atoms with Gasteiger partial charge >= 0.3 is 11.9 Å². The van der Waals surface area contributed by atoms with Crippen molar-refractivity contribution in [1.29, 1.82) is 0 Å². The van der Waals surface area contributed by atoms with Crippen molar-refractivity contribution in [2.45, 2.75) is 199 Å². The summed E-state index contributed by atoms with van der Waals surface area (Å²) in [7, 11) is 0.925. The van der Waals surface area contributed by atoms with E-state index in [9.17, 15) is 39.2 Å². The van der Waals surface area contributed by atoms with Crippen LogP contribution in [-0.2, 0) is 37.5 Å². The van der Waals surface area contributed by atoms with E-state index in [1.165, 1.54) is 32.1 Å². The number of unbranched alkanes of at least 4 members (excludes halogenated alkanes) is 13. The van der Waals surface area contributed by atoms with Gasteiger partial charge in [0.05, 0.1) is 46.1 Å². The zero-order valence-electron chi connectivity index (χ0n) is 41.0. The number of rotatable bonds is 41. The van der Waals surface area contributed by atoms with E-state index in [2.05, 4.69) is 50.3 Å². The molecule has 0 radical (unpaired) electrons. The third-order valence-electron chi connectivity index (χ3n) is 11.6. The fourth-order valence-corrected chi connectivity index (χ4v) is 8.27. The van der Waals surface area contributed by atoms with Crippen molar-refractivity contribution in [2.75, 3.05) is 47.5 Å². The van der Waals surface area contributed by atoms with Crippen molar-refractivity contribution in [3.63, 3.8) is 0 Å². The maximum absolute atomic E-state index is 12.9. The molecular formula is C51H90NO12P. The lowest BCUT2D eigenvalue weighted by Crippen LogP contribution is -2.37. The SMILES string of the molecule is CCCCCC/C=C\C/C=C\C/C=C\CCCCCCCCC(=O)OC[C@H](COP(=O)([O-])OCC[N+](C)(C)C)OC(=O)CCCCC(=O)C[C@@H]1[C@@H](/C=C/[C@@H](O)CCCCC)[C@H](O)C[C@@H]1O. The van der Waals surface area contributed by atoms with Gasteiger partial charge in [-0.25, -0.2) is 0 Å². The zero-order chi connectivity index (χ0) is 48.2. The quantitative estimate of drug-likeness (QED) is 0.0173. The van der Waals surface area contributed by atoms with Crippen LogP contribution in [0.1, 0.15) is 174 Å². The average Bonchev–Trinajstić information content (AvgIpc) is 3.51. The Balaban J connectivity index is 2.47. The summed E-state index contributed by atoms with van der Waals surface area (Å²) in [5, 5.41) is 31.4. The fraction of sp³-hybridized carbons (Fsp3) is 0.784. The molecule has 1 saturated carbocycles. The first-order valence-electron chi connectivity index (χ1n) is 25.0. The van der Waals surface area contributed by atoms with E-state index in [0.29, 0.717) is 36.7 Å². The number of hydrogen-bond donors (Lipinski definition) is 3. The Kier molecular flexibility index (Phi) is 34.9. The van der Waals surface area contributed by atoms with E-state index in [1.807, 2.05) is 21.1 Å². The molecule has 7 atom stereocenters. The van der Waals surface area contributed by atoms with Crippen LogP contribution in [0.3, 0.4) is 0 Å². The highest BCUT2D eigenvalue weighted by Crippen LogP contribution is 2.39. The summed E-state index contributed by atoms with van der Waals surface area (Å²) in [5.74, 6) is -2.17. The summed E-state index contributed by atoms with van der Waals surface area (Å²) in [6.07, 6.45) is 33.3. The Hall–Kier alpha value is -2.48.